The normalized spacial score (nSPS) is 10.7. The molecule has 0 unspecified atom stereocenters. The van der Waals surface area contributed by atoms with E-state index in [1.165, 1.54) is 0 Å². The molecule has 0 radical (unpaired) electrons. The third-order valence-electron chi connectivity index (χ3n) is 1.87. The van der Waals surface area contributed by atoms with Gasteiger partial charge in [-0.3, -0.25) is 0 Å². The van der Waals surface area contributed by atoms with E-state index in [2.05, 4.69) is 0 Å². The van der Waals surface area contributed by atoms with Gasteiger partial charge in [0.05, 0.1) is 5.57 Å². The molecule has 0 saturated carbocycles. The number of aryl methyl sites for hydroxylation is 1. The van der Waals surface area contributed by atoms with Crippen LogP contribution in [0, 0.1) is 18.3 Å². The van der Waals surface area contributed by atoms with Crippen LogP contribution < -0.4 is 5.73 Å². The molecule has 0 aromatic heterocycles. The van der Waals surface area contributed by atoms with Crippen LogP contribution in [-0.4, -0.2) is 4.99 Å². The lowest BCUT2D eigenvalue weighted by Gasteiger charge is -1.99. The van der Waals surface area contributed by atoms with Gasteiger partial charge in [0.25, 0.3) is 0 Å². The molecule has 0 fully saturated rings. The van der Waals surface area contributed by atoms with E-state index >= 15 is 0 Å². The largest absolute Gasteiger partial charge is 0.389 e. The van der Waals surface area contributed by atoms with E-state index in [0.717, 1.165) is 11.1 Å². The average Bonchev–Trinajstić information content (AvgIpc) is 2.16. The summed E-state index contributed by atoms with van der Waals surface area (Å²) in [5.74, 6) is 0. The predicted octanol–water partition coefficient (Wildman–Crippen LogP) is 2.19. The van der Waals surface area contributed by atoms with Crippen LogP contribution in [0.4, 0.5) is 0 Å². The summed E-state index contributed by atoms with van der Waals surface area (Å²) in [5.41, 5.74) is 7.79. The maximum absolute atomic E-state index is 8.76. The molecule has 70 valence electrons. The molecule has 2 nitrogen and oxygen atoms in total. The fraction of sp³-hybridized carbons (Fsp3) is 0.0909. The highest BCUT2D eigenvalue weighted by Gasteiger charge is 2.00. The average molecular weight is 202 g/mol. The summed E-state index contributed by atoms with van der Waals surface area (Å²) >= 11 is 4.75. The molecule has 1 aromatic rings. The summed E-state index contributed by atoms with van der Waals surface area (Å²) in [4.78, 5) is 0.135. The first-order chi connectivity index (χ1) is 6.65. The van der Waals surface area contributed by atoms with Gasteiger partial charge in [-0.05, 0) is 24.1 Å². The van der Waals surface area contributed by atoms with Crippen molar-refractivity contribution in [3.8, 4) is 6.07 Å². The van der Waals surface area contributed by atoms with Crippen molar-refractivity contribution in [1.82, 2.24) is 0 Å². The zero-order valence-electron chi connectivity index (χ0n) is 7.82. The zero-order chi connectivity index (χ0) is 10.6. The molecule has 0 amide bonds. The molecule has 0 aliphatic rings. The van der Waals surface area contributed by atoms with Crippen LogP contribution in [0.1, 0.15) is 11.1 Å². The first-order valence-electron chi connectivity index (χ1n) is 4.12. The van der Waals surface area contributed by atoms with Crippen LogP contribution in [0.5, 0.6) is 0 Å². The number of thiocarbonyl (C=S) groups is 1. The summed E-state index contributed by atoms with van der Waals surface area (Å²) in [7, 11) is 0. The molecule has 14 heavy (non-hydrogen) atoms. The van der Waals surface area contributed by atoms with Gasteiger partial charge in [0.2, 0.25) is 0 Å². The van der Waals surface area contributed by atoms with Crippen LogP contribution in [-0.2, 0) is 0 Å². The second-order valence-corrected chi connectivity index (χ2v) is 3.33. The second kappa shape index (κ2) is 4.54. The lowest BCUT2D eigenvalue weighted by atomic mass is 10.1. The van der Waals surface area contributed by atoms with Crippen molar-refractivity contribution < 1.29 is 0 Å². The van der Waals surface area contributed by atoms with Gasteiger partial charge in [0.15, 0.2) is 0 Å². The van der Waals surface area contributed by atoms with E-state index in [1.54, 1.807) is 6.08 Å². The van der Waals surface area contributed by atoms with E-state index < -0.39 is 0 Å². The maximum atomic E-state index is 8.76. The van der Waals surface area contributed by atoms with Crippen molar-refractivity contribution in [1.29, 1.82) is 5.26 Å². The summed E-state index contributed by atoms with van der Waals surface area (Å²) in [6.45, 7) is 1.97. The first kappa shape index (κ1) is 10.4. The topological polar surface area (TPSA) is 49.8 Å². The summed E-state index contributed by atoms with van der Waals surface area (Å²) < 4.78 is 0. The molecule has 1 rings (SSSR count). The molecule has 2 N–H and O–H groups in total. The van der Waals surface area contributed by atoms with Crippen molar-refractivity contribution in [2.75, 3.05) is 0 Å². The number of nitrogens with two attached hydrogens (primary N) is 1. The number of nitrogens with zero attached hydrogens (tertiary/aromatic N) is 1. The third-order valence-corrected chi connectivity index (χ3v) is 2.09. The van der Waals surface area contributed by atoms with E-state index in [4.69, 9.17) is 23.2 Å². The molecular weight excluding hydrogens is 192 g/mol. The van der Waals surface area contributed by atoms with Gasteiger partial charge >= 0.3 is 0 Å². The number of hydrogen-bond acceptors (Lipinski definition) is 2. The van der Waals surface area contributed by atoms with Crippen molar-refractivity contribution in [3.05, 3.63) is 41.0 Å². The Labute approximate surface area is 88.7 Å². The summed E-state index contributed by atoms with van der Waals surface area (Å²) in [6, 6.07) is 9.72. The Bertz CT molecular complexity index is 427. The lowest BCUT2D eigenvalue weighted by Crippen LogP contribution is -2.09. The number of rotatable bonds is 2. The van der Waals surface area contributed by atoms with E-state index in [0.29, 0.717) is 5.57 Å². The van der Waals surface area contributed by atoms with Gasteiger partial charge in [-0.15, -0.1) is 0 Å². The Kier molecular flexibility index (Phi) is 3.38. The smallest absolute Gasteiger partial charge is 0.114 e. The molecule has 1 aromatic carbocycles. The third kappa shape index (κ3) is 2.41. The van der Waals surface area contributed by atoms with Gasteiger partial charge in [-0.2, -0.15) is 5.26 Å². The molecule has 0 aliphatic heterocycles. The van der Waals surface area contributed by atoms with Crippen molar-refractivity contribution in [2.45, 2.75) is 6.92 Å². The number of benzene rings is 1. The van der Waals surface area contributed by atoms with E-state index in [9.17, 15) is 0 Å². The van der Waals surface area contributed by atoms with E-state index in [-0.39, 0.29) is 4.99 Å². The molecule has 0 heterocycles. The van der Waals surface area contributed by atoms with Gasteiger partial charge in [-0.1, -0.05) is 36.5 Å². The molecule has 0 atom stereocenters. The fourth-order valence-corrected chi connectivity index (χ4v) is 1.17. The van der Waals surface area contributed by atoms with Gasteiger partial charge in [-0.25, -0.2) is 0 Å². The summed E-state index contributed by atoms with van der Waals surface area (Å²) in [5, 5.41) is 8.76. The Hall–Kier alpha value is -1.66. The first-order valence-corrected chi connectivity index (χ1v) is 4.53. The Morgan fingerprint density at radius 3 is 2.64 bits per heavy atom. The SMILES string of the molecule is Cc1ccccc1C=C(C#N)C(N)=S. The standard InChI is InChI=1S/C11H10N2S/c1-8-4-2-3-5-9(8)6-10(7-12)11(13)14/h2-6H,1H3,(H2,13,14). The highest BCUT2D eigenvalue weighted by atomic mass is 32.1. The Balaban J connectivity index is 3.15. The molecule has 0 aliphatic carbocycles. The van der Waals surface area contributed by atoms with Crippen molar-refractivity contribution in [3.63, 3.8) is 0 Å². The fourth-order valence-electron chi connectivity index (χ4n) is 1.06. The number of hydrogen-bond donors (Lipinski definition) is 1. The molecule has 0 spiro atoms. The highest BCUT2D eigenvalue weighted by Crippen LogP contribution is 2.11. The molecule has 3 heteroatoms. The molecule has 0 bridgehead atoms. The minimum atomic E-state index is 0.135. The maximum Gasteiger partial charge on any atom is 0.114 e. The monoisotopic (exact) mass is 202 g/mol. The van der Waals surface area contributed by atoms with Crippen LogP contribution in [0.15, 0.2) is 29.8 Å². The van der Waals surface area contributed by atoms with E-state index in [1.807, 2.05) is 37.3 Å². The quantitative estimate of drug-likeness (QED) is 0.454. The minimum absolute atomic E-state index is 0.135. The van der Waals surface area contributed by atoms with Crippen LogP contribution in [0.3, 0.4) is 0 Å². The van der Waals surface area contributed by atoms with Crippen LogP contribution >= 0.6 is 12.2 Å². The summed E-state index contributed by atoms with van der Waals surface area (Å²) in [6.07, 6.45) is 1.71. The predicted molar refractivity (Wildman–Crippen MR) is 61.6 cm³/mol. The van der Waals surface area contributed by atoms with Crippen molar-refractivity contribution >= 4 is 23.3 Å². The Morgan fingerprint density at radius 1 is 1.50 bits per heavy atom. The lowest BCUT2D eigenvalue weighted by molar-refractivity contribution is 1.44. The van der Waals surface area contributed by atoms with Gasteiger partial charge < -0.3 is 5.73 Å². The van der Waals surface area contributed by atoms with Crippen LogP contribution in [0.25, 0.3) is 6.08 Å². The van der Waals surface area contributed by atoms with Crippen LogP contribution in [0.2, 0.25) is 0 Å². The molecule has 0 saturated heterocycles. The second-order valence-electron chi connectivity index (χ2n) is 2.89. The zero-order valence-corrected chi connectivity index (χ0v) is 8.64. The van der Waals surface area contributed by atoms with Crippen molar-refractivity contribution in [2.24, 2.45) is 5.73 Å². The molecular formula is C11H10N2S. The highest BCUT2D eigenvalue weighted by molar-refractivity contribution is 7.80. The van der Waals surface area contributed by atoms with Gasteiger partial charge in [0.1, 0.15) is 11.1 Å². The minimum Gasteiger partial charge on any atom is -0.389 e. The van der Waals surface area contributed by atoms with Gasteiger partial charge in [0, 0.05) is 0 Å². The number of nitriles is 1. The Morgan fingerprint density at radius 2 is 2.14 bits per heavy atom.